The number of nitrogens with one attached hydrogen (secondary N) is 1. The van der Waals surface area contributed by atoms with Crippen molar-refractivity contribution in [2.75, 3.05) is 30.0 Å². The summed E-state index contributed by atoms with van der Waals surface area (Å²) in [6.07, 6.45) is 1.47. The van der Waals surface area contributed by atoms with Crippen LogP contribution in [0.5, 0.6) is 5.75 Å². The fraction of sp³-hybridized carbons (Fsp3) is 0.421. The summed E-state index contributed by atoms with van der Waals surface area (Å²) in [7, 11) is 0. The Labute approximate surface area is 163 Å². The summed E-state index contributed by atoms with van der Waals surface area (Å²) in [6.45, 7) is 6.77. The highest BCUT2D eigenvalue weighted by atomic mass is 32.2. The Bertz CT molecular complexity index is 834. The minimum atomic E-state index is -0.460. The maximum atomic E-state index is 12.9. The van der Waals surface area contributed by atoms with E-state index in [1.165, 1.54) is 6.33 Å². The van der Waals surface area contributed by atoms with Crippen LogP contribution in [0.2, 0.25) is 0 Å². The molecule has 0 saturated heterocycles. The maximum Gasteiger partial charge on any atom is 0.338 e. The molecule has 0 aliphatic carbocycles. The minimum Gasteiger partial charge on any atom is -0.494 e. The Morgan fingerprint density at radius 1 is 1.33 bits per heavy atom. The number of carbonyl (C=O) groups is 1. The molecule has 1 aliphatic heterocycles. The van der Waals surface area contributed by atoms with E-state index in [1.54, 1.807) is 16.4 Å². The van der Waals surface area contributed by atoms with Crippen LogP contribution in [0.25, 0.3) is 0 Å². The van der Waals surface area contributed by atoms with Crippen LogP contribution in [0, 0.1) is 0 Å². The summed E-state index contributed by atoms with van der Waals surface area (Å²) in [4.78, 5) is 17.2. The number of hydrogen-bond donors (Lipinski definition) is 1. The van der Waals surface area contributed by atoms with Gasteiger partial charge in [0.05, 0.1) is 12.2 Å². The second kappa shape index (κ2) is 8.94. The van der Waals surface area contributed by atoms with Gasteiger partial charge in [0, 0.05) is 17.0 Å². The van der Waals surface area contributed by atoms with Crippen LogP contribution < -0.4 is 10.1 Å². The predicted molar refractivity (Wildman–Crippen MR) is 106 cm³/mol. The van der Waals surface area contributed by atoms with E-state index < -0.39 is 6.04 Å². The summed E-state index contributed by atoms with van der Waals surface area (Å²) in [5, 5.41) is 7.48. The van der Waals surface area contributed by atoms with Gasteiger partial charge in [-0.15, -0.1) is 0 Å². The molecule has 8 heteroatoms. The fourth-order valence-corrected chi connectivity index (χ4v) is 3.54. The van der Waals surface area contributed by atoms with Gasteiger partial charge in [-0.2, -0.15) is 21.8 Å². The van der Waals surface area contributed by atoms with Crippen LogP contribution in [0.3, 0.4) is 0 Å². The quantitative estimate of drug-likeness (QED) is 0.549. The SMILES string of the molecule is CCOc1ccccc1[C@H]1C(C(=O)OCCSCC)=C(C)Nc2ncnn21. The number of anilines is 1. The van der Waals surface area contributed by atoms with Crippen molar-refractivity contribution in [1.82, 2.24) is 14.8 Å². The van der Waals surface area contributed by atoms with Gasteiger partial charge in [-0.05, 0) is 25.7 Å². The highest BCUT2D eigenvalue weighted by Crippen LogP contribution is 2.39. The fourth-order valence-electron chi connectivity index (χ4n) is 3.05. The molecule has 7 nitrogen and oxygen atoms in total. The van der Waals surface area contributed by atoms with E-state index in [9.17, 15) is 4.79 Å². The van der Waals surface area contributed by atoms with Crippen LogP contribution in [0.1, 0.15) is 32.4 Å². The van der Waals surface area contributed by atoms with Crippen molar-refractivity contribution in [1.29, 1.82) is 0 Å². The molecular formula is C19H24N4O3S. The van der Waals surface area contributed by atoms with E-state index in [-0.39, 0.29) is 5.97 Å². The number of fused-ring (bicyclic) bond motifs is 1. The molecule has 0 bridgehead atoms. The average molecular weight is 388 g/mol. The molecule has 0 saturated carbocycles. The molecule has 0 spiro atoms. The van der Waals surface area contributed by atoms with Gasteiger partial charge in [0.2, 0.25) is 5.95 Å². The molecule has 2 heterocycles. The Balaban J connectivity index is 1.99. The van der Waals surface area contributed by atoms with Gasteiger partial charge in [-0.1, -0.05) is 25.1 Å². The van der Waals surface area contributed by atoms with Gasteiger partial charge < -0.3 is 14.8 Å². The standard InChI is InChI=1S/C19H24N4O3S/c1-4-25-15-9-7-6-8-14(15)17-16(18(24)26-10-11-27-5-2)13(3)22-19-20-12-21-23(17)19/h6-9,12,17H,4-5,10-11H2,1-3H3,(H,20,21,22)/t17-/m0/s1. The summed E-state index contributed by atoms with van der Waals surface area (Å²) in [6, 6.07) is 7.21. The molecule has 1 aromatic carbocycles. The first kappa shape index (κ1) is 19.3. The Morgan fingerprint density at radius 2 is 2.15 bits per heavy atom. The number of carbonyl (C=O) groups excluding carboxylic acids is 1. The molecule has 0 unspecified atom stereocenters. The lowest BCUT2D eigenvalue weighted by Crippen LogP contribution is -2.30. The zero-order chi connectivity index (χ0) is 19.2. The normalized spacial score (nSPS) is 15.9. The van der Waals surface area contributed by atoms with E-state index in [0.717, 1.165) is 17.1 Å². The number of thioether (sulfide) groups is 1. The van der Waals surface area contributed by atoms with E-state index >= 15 is 0 Å². The third kappa shape index (κ3) is 4.10. The first-order chi connectivity index (χ1) is 13.2. The van der Waals surface area contributed by atoms with Crippen LogP contribution in [-0.4, -0.2) is 45.5 Å². The monoisotopic (exact) mass is 388 g/mol. The topological polar surface area (TPSA) is 78.3 Å². The molecule has 0 radical (unpaired) electrons. The highest BCUT2D eigenvalue weighted by molar-refractivity contribution is 7.99. The third-order valence-corrected chi connectivity index (χ3v) is 5.06. The maximum absolute atomic E-state index is 12.9. The van der Waals surface area contributed by atoms with Crippen molar-refractivity contribution in [3.05, 3.63) is 47.4 Å². The number of ether oxygens (including phenoxy) is 2. The number of esters is 1. The molecule has 3 rings (SSSR count). The summed E-state index contributed by atoms with van der Waals surface area (Å²) < 4.78 is 13.0. The molecule has 0 fully saturated rings. The Kier molecular flexibility index (Phi) is 6.39. The molecule has 0 amide bonds. The number of aromatic nitrogens is 3. The number of nitrogens with zero attached hydrogens (tertiary/aromatic N) is 3. The van der Waals surface area contributed by atoms with Gasteiger partial charge >= 0.3 is 5.97 Å². The summed E-state index contributed by atoms with van der Waals surface area (Å²) >= 11 is 1.74. The van der Waals surface area contributed by atoms with Crippen LogP contribution >= 0.6 is 11.8 Å². The van der Waals surface area contributed by atoms with Crippen LogP contribution in [0.15, 0.2) is 41.9 Å². The Hall–Kier alpha value is -2.48. The molecule has 2 aromatic rings. The largest absolute Gasteiger partial charge is 0.494 e. The first-order valence-corrected chi connectivity index (χ1v) is 10.2. The molecule has 1 atom stereocenters. The number of allylic oxidation sites excluding steroid dienone is 1. The van der Waals surface area contributed by atoms with E-state index in [1.807, 2.05) is 38.1 Å². The van der Waals surface area contributed by atoms with Crippen molar-refractivity contribution in [3.63, 3.8) is 0 Å². The second-order valence-corrected chi connectivity index (χ2v) is 7.29. The lowest BCUT2D eigenvalue weighted by molar-refractivity contribution is -0.138. The molecule has 1 aliphatic rings. The summed E-state index contributed by atoms with van der Waals surface area (Å²) in [5.41, 5.74) is 2.07. The van der Waals surface area contributed by atoms with E-state index in [2.05, 4.69) is 22.3 Å². The van der Waals surface area contributed by atoms with Crippen LogP contribution in [-0.2, 0) is 9.53 Å². The van der Waals surface area contributed by atoms with E-state index in [0.29, 0.717) is 36.2 Å². The van der Waals surface area contributed by atoms with Gasteiger partial charge in [-0.25, -0.2) is 9.48 Å². The average Bonchev–Trinajstić information content (AvgIpc) is 3.13. The predicted octanol–water partition coefficient (Wildman–Crippen LogP) is 3.26. The summed E-state index contributed by atoms with van der Waals surface area (Å²) in [5.74, 6) is 2.72. The van der Waals surface area contributed by atoms with Crippen molar-refractivity contribution in [2.45, 2.75) is 26.8 Å². The van der Waals surface area contributed by atoms with Gasteiger partial charge in [0.1, 0.15) is 24.7 Å². The van der Waals surface area contributed by atoms with E-state index in [4.69, 9.17) is 9.47 Å². The molecule has 27 heavy (non-hydrogen) atoms. The number of rotatable bonds is 8. The van der Waals surface area contributed by atoms with Gasteiger partial charge in [-0.3, -0.25) is 0 Å². The molecule has 1 aromatic heterocycles. The lowest BCUT2D eigenvalue weighted by atomic mass is 9.95. The molecule has 144 valence electrons. The van der Waals surface area contributed by atoms with Crippen molar-refractivity contribution in [2.24, 2.45) is 0 Å². The zero-order valence-electron chi connectivity index (χ0n) is 15.8. The first-order valence-electron chi connectivity index (χ1n) is 9.01. The van der Waals surface area contributed by atoms with Crippen LogP contribution in [0.4, 0.5) is 5.95 Å². The lowest BCUT2D eigenvalue weighted by Gasteiger charge is -2.29. The second-order valence-electron chi connectivity index (χ2n) is 5.90. The highest BCUT2D eigenvalue weighted by Gasteiger charge is 2.35. The smallest absolute Gasteiger partial charge is 0.338 e. The van der Waals surface area contributed by atoms with Gasteiger partial charge in [0.15, 0.2) is 0 Å². The minimum absolute atomic E-state index is 0.353. The van der Waals surface area contributed by atoms with Crippen molar-refractivity contribution < 1.29 is 14.3 Å². The Morgan fingerprint density at radius 3 is 2.93 bits per heavy atom. The third-order valence-electron chi connectivity index (χ3n) is 4.19. The van der Waals surface area contributed by atoms with Crippen molar-refractivity contribution in [3.8, 4) is 5.75 Å². The van der Waals surface area contributed by atoms with Gasteiger partial charge in [0.25, 0.3) is 0 Å². The number of benzene rings is 1. The molecule has 1 N–H and O–H groups in total. The number of para-hydroxylation sites is 1. The zero-order valence-corrected chi connectivity index (χ0v) is 16.6. The van der Waals surface area contributed by atoms with Crippen molar-refractivity contribution >= 4 is 23.7 Å². The number of hydrogen-bond acceptors (Lipinski definition) is 7. The molecular weight excluding hydrogens is 364 g/mol.